The molecule has 0 radical (unpaired) electrons. The Bertz CT molecular complexity index is 1180. The van der Waals surface area contributed by atoms with Crippen LogP contribution in [-0.2, 0) is 11.3 Å². The molecule has 0 spiro atoms. The van der Waals surface area contributed by atoms with Crippen molar-refractivity contribution in [1.82, 2.24) is 9.55 Å². The van der Waals surface area contributed by atoms with Crippen LogP contribution in [0.25, 0.3) is 0 Å². The first-order chi connectivity index (χ1) is 14.8. The fraction of sp³-hybridized carbons (Fsp3) is 0.318. The molecule has 0 saturated carbocycles. The number of benzene rings is 1. The number of hydrogen-bond acceptors (Lipinski definition) is 6. The molecule has 3 N–H and O–H groups in total. The number of amides is 1. The number of carbonyl (C=O) groups excluding carboxylic acids is 1. The number of aryl methyl sites for hydroxylation is 2. The Morgan fingerprint density at radius 3 is 2.55 bits per heavy atom. The van der Waals surface area contributed by atoms with Gasteiger partial charge in [0.15, 0.2) is 5.69 Å². The van der Waals surface area contributed by atoms with Crippen molar-refractivity contribution in [3.05, 3.63) is 79.9 Å². The van der Waals surface area contributed by atoms with Gasteiger partial charge in [-0.3, -0.25) is 19.1 Å². The van der Waals surface area contributed by atoms with Gasteiger partial charge in [0.25, 0.3) is 11.5 Å². The minimum atomic E-state index is -0.726. The predicted octanol–water partition coefficient (Wildman–Crippen LogP) is 2.06. The van der Waals surface area contributed by atoms with Gasteiger partial charge in [0, 0.05) is 20.3 Å². The summed E-state index contributed by atoms with van der Waals surface area (Å²) in [6, 6.07) is 10.8. The molecule has 0 saturated heterocycles. The van der Waals surface area contributed by atoms with Crippen molar-refractivity contribution >= 4 is 17.4 Å². The average molecular weight is 426 g/mol. The molecule has 3 aromatic rings. The molecular weight excluding hydrogens is 400 g/mol. The number of carbonyl (C=O) groups is 1. The first kappa shape index (κ1) is 22.1. The van der Waals surface area contributed by atoms with Crippen LogP contribution < -0.4 is 21.9 Å². The van der Waals surface area contributed by atoms with Gasteiger partial charge in [-0.25, -0.2) is 4.79 Å². The summed E-state index contributed by atoms with van der Waals surface area (Å²) < 4.78 is 11.8. The zero-order valence-electron chi connectivity index (χ0n) is 17.8. The fourth-order valence-corrected chi connectivity index (χ4v) is 3.43. The lowest BCUT2D eigenvalue weighted by Crippen LogP contribution is -2.42. The van der Waals surface area contributed by atoms with E-state index in [1.165, 1.54) is 9.47 Å². The lowest BCUT2D eigenvalue weighted by molar-refractivity contribution is 0.0981. The predicted molar refractivity (Wildman–Crippen MR) is 118 cm³/mol. The highest BCUT2D eigenvalue weighted by molar-refractivity contribution is 6.07. The van der Waals surface area contributed by atoms with E-state index in [1.54, 1.807) is 27.0 Å². The highest BCUT2D eigenvalue weighted by Crippen LogP contribution is 2.23. The van der Waals surface area contributed by atoms with E-state index >= 15 is 0 Å². The smallest absolute Gasteiger partial charge is 0.330 e. The molecule has 0 fully saturated rings. The van der Waals surface area contributed by atoms with Crippen molar-refractivity contribution in [3.63, 3.8) is 0 Å². The number of nitrogens with zero attached hydrogens (tertiary/aromatic N) is 2. The van der Waals surface area contributed by atoms with Gasteiger partial charge in [0.05, 0.1) is 12.1 Å². The molecule has 0 atom stereocenters. The molecule has 0 aliphatic rings. The minimum absolute atomic E-state index is 0.0742. The number of aromatic amines is 1. The van der Waals surface area contributed by atoms with E-state index < -0.39 is 17.2 Å². The summed E-state index contributed by atoms with van der Waals surface area (Å²) in [5.41, 5.74) is 6.00. The van der Waals surface area contributed by atoms with Crippen LogP contribution in [-0.4, -0.2) is 35.7 Å². The van der Waals surface area contributed by atoms with Gasteiger partial charge in [-0.15, -0.1) is 0 Å². The zero-order valence-corrected chi connectivity index (χ0v) is 17.8. The highest BCUT2D eigenvalue weighted by Gasteiger charge is 2.27. The molecule has 2 aromatic heterocycles. The van der Waals surface area contributed by atoms with Crippen LogP contribution >= 0.6 is 0 Å². The lowest BCUT2D eigenvalue weighted by atomic mass is 10.2. The summed E-state index contributed by atoms with van der Waals surface area (Å²) in [4.78, 5) is 42.2. The Labute approximate surface area is 179 Å². The quantitative estimate of drug-likeness (QED) is 0.532. The van der Waals surface area contributed by atoms with E-state index in [0.29, 0.717) is 30.1 Å². The number of methoxy groups -OCH3 is 1. The fourth-order valence-electron chi connectivity index (χ4n) is 3.43. The maximum Gasteiger partial charge on any atom is 0.330 e. The molecule has 0 aliphatic carbocycles. The number of hydrogen-bond donors (Lipinski definition) is 2. The molecule has 164 valence electrons. The lowest BCUT2D eigenvalue weighted by Gasteiger charge is -2.24. The largest absolute Gasteiger partial charge is 0.466 e. The Kier molecular flexibility index (Phi) is 6.76. The number of aromatic nitrogens is 2. The van der Waals surface area contributed by atoms with Crippen LogP contribution in [0.15, 0.2) is 50.4 Å². The number of furan rings is 1. The molecule has 0 bridgehead atoms. The SMILES string of the molecule is COCCCN(C(=O)c1cc(C)oc1C)c1c(N)n(Cc2ccccc2)c(=O)[nH]c1=O. The Morgan fingerprint density at radius 2 is 1.94 bits per heavy atom. The molecule has 1 aromatic carbocycles. The second-order valence-electron chi connectivity index (χ2n) is 7.19. The van der Waals surface area contributed by atoms with Crippen LogP contribution in [0.5, 0.6) is 0 Å². The Morgan fingerprint density at radius 1 is 1.23 bits per heavy atom. The maximum absolute atomic E-state index is 13.4. The van der Waals surface area contributed by atoms with Gasteiger partial charge in [0.2, 0.25) is 0 Å². The molecular formula is C22H26N4O5. The summed E-state index contributed by atoms with van der Waals surface area (Å²) in [6.07, 6.45) is 0.467. The maximum atomic E-state index is 13.4. The third kappa shape index (κ3) is 4.77. The number of nitrogens with one attached hydrogen (secondary N) is 1. The number of H-pyrrole nitrogens is 1. The highest BCUT2D eigenvalue weighted by atomic mass is 16.5. The van der Waals surface area contributed by atoms with E-state index in [1.807, 2.05) is 30.3 Å². The number of anilines is 2. The molecule has 3 rings (SSSR count). The summed E-state index contributed by atoms with van der Waals surface area (Å²) in [5, 5.41) is 0. The summed E-state index contributed by atoms with van der Waals surface area (Å²) >= 11 is 0. The molecule has 1 amide bonds. The third-order valence-electron chi connectivity index (χ3n) is 4.91. The van der Waals surface area contributed by atoms with E-state index in [9.17, 15) is 14.4 Å². The van der Waals surface area contributed by atoms with Crippen LogP contribution in [0.4, 0.5) is 11.5 Å². The minimum Gasteiger partial charge on any atom is -0.466 e. The first-order valence-electron chi connectivity index (χ1n) is 9.87. The van der Waals surface area contributed by atoms with E-state index in [-0.39, 0.29) is 24.6 Å². The summed E-state index contributed by atoms with van der Waals surface area (Å²) in [7, 11) is 1.55. The van der Waals surface area contributed by atoms with Crippen molar-refractivity contribution in [2.45, 2.75) is 26.8 Å². The molecule has 9 heteroatoms. The van der Waals surface area contributed by atoms with Crippen molar-refractivity contribution in [3.8, 4) is 0 Å². The monoisotopic (exact) mass is 426 g/mol. The van der Waals surface area contributed by atoms with Crippen LogP contribution in [0.2, 0.25) is 0 Å². The number of rotatable bonds is 8. The Hall–Kier alpha value is -3.59. The van der Waals surface area contributed by atoms with Gasteiger partial charge in [-0.2, -0.15) is 0 Å². The summed E-state index contributed by atoms with van der Waals surface area (Å²) in [6.45, 7) is 4.12. The first-order valence-corrected chi connectivity index (χ1v) is 9.87. The molecule has 2 heterocycles. The van der Waals surface area contributed by atoms with Gasteiger partial charge < -0.3 is 19.8 Å². The van der Waals surface area contributed by atoms with Gasteiger partial charge in [-0.05, 0) is 31.9 Å². The molecule has 0 unspecified atom stereocenters. The van der Waals surface area contributed by atoms with Crippen LogP contribution in [0.1, 0.15) is 33.9 Å². The Balaban J connectivity index is 2.10. The topological polar surface area (TPSA) is 124 Å². The number of ether oxygens (including phenoxy) is 1. The van der Waals surface area contributed by atoms with Crippen LogP contribution in [0.3, 0.4) is 0 Å². The third-order valence-corrected chi connectivity index (χ3v) is 4.91. The standard InChI is InChI=1S/C22H26N4O5/c1-14-12-17(15(2)31-14)21(28)25(10-7-11-30-3)18-19(23)26(22(29)24-20(18)27)13-16-8-5-4-6-9-16/h4-6,8-9,12H,7,10-11,13,23H2,1-3H3,(H,24,27,29). The van der Waals surface area contributed by atoms with Crippen molar-refractivity contribution in [2.75, 3.05) is 30.9 Å². The normalized spacial score (nSPS) is 10.9. The average Bonchev–Trinajstić information content (AvgIpc) is 3.08. The van der Waals surface area contributed by atoms with Gasteiger partial charge in [0.1, 0.15) is 17.3 Å². The van der Waals surface area contributed by atoms with Crippen molar-refractivity contribution in [2.24, 2.45) is 0 Å². The zero-order chi connectivity index (χ0) is 22.5. The molecule has 0 aliphatic heterocycles. The van der Waals surface area contributed by atoms with Gasteiger partial charge in [-0.1, -0.05) is 30.3 Å². The van der Waals surface area contributed by atoms with Gasteiger partial charge >= 0.3 is 5.69 Å². The van der Waals surface area contributed by atoms with E-state index in [0.717, 1.165) is 5.56 Å². The number of nitrogen functional groups attached to an aromatic ring is 1. The second kappa shape index (κ2) is 9.48. The van der Waals surface area contributed by atoms with E-state index in [2.05, 4.69) is 4.98 Å². The molecule has 31 heavy (non-hydrogen) atoms. The molecule has 9 nitrogen and oxygen atoms in total. The van der Waals surface area contributed by atoms with Crippen molar-refractivity contribution < 1.29 is 13.9 Å². The van der Waals surface area contributed by atoms with E-state index in [4.69, 9.17) is 14.9 Å². The second-order valence-corrected chi connectivity index (χ2v) is 7.19. The van der Waals surface area contributed by atoms with Crippen molar-refractivity contribution in [1.29, 1.82) is 0 Å². The number of nitrogens with two attached hydrogens (primary N) is 1. The summed E-state index contributed by atoms with van der Waals surface area (Å²) in [5.74, 6) is 0.495. The van der Waals surface area contributed by atoms with Crippen LogP contribution in [0, 0.1) is 13.8 Å².